The van der Waals surface area contributed by atoms with Gasteiger partial charge in [-0.1, -0.05) is 206 Å². The van der Waals surface area contributed by atoms with Crippen LogP contribution in [0.5, 0.6) is 0 Å². The van der Waals surface area contributed by atoms with Crippen LogP contribution in [0.15, 0.2) is 12.2 Å². The summed E-state index contributed by atoms with van der Waals surface area (Å²) in [6.07, 6.45) is 35.6. The van der Waals surface area contributed by atoms with Gasteiger partial charge in [0.2, 0.25) is 5.91 Å². The summed E-state index contributed by atoms with van der Waals surface area (Å²) < 4.78 is 11.2. The Hall–Kier alpha value is -1.07. The number of carbonyl (C=O) groups excluding carboxylic acids is 1. The van der Waals surface area contributed by atoms with E-state index in [1.54, 1.807) is 6.08 Å². The van der Waals surface area contributed by atoms with Crippen molar-refractivity contribution >= 4 is 5.91 Å². The van der Waals surface area contributed by atoms with Gasteiger partial charge in [0.15, 0.2) is 6.29 Å². The quantitative estimate of drug-likeness (QED) is 0.0267. The van der Waals surface area contributed by atoms with Gasteiger partial charge in [0, 0.05) is 6.42 Å². The van der Waals surface area contributed by atoms with Crippen molar-refractivity contribution in [2.24, 2.45) is 0 Å². The highest BCUT2D eigenvalue weighted by Crippen LogP contribution is 2.23. The van der Waals surface area contributed by atoms with Gasteiger partial charge in [0.05, 0.1) is 25.4 Å². The van der Waals surface area contributed by atoms with Gasteiger partial charge in [-0.25, -0.2) is 0 Å². The summed E-state index contributed by atoms with van der Waals surface area (Å²) >= 11 is 0. The van der Waals surface area contributed by atoms with E-state index in [0.29, 0.717) is 6.42 Å². The molecule has 6 N–H and O–H groups in total. The number of ether oxygens (including phenoxy) is 2. The van der Waals surface area contributed by atoms with Crippen LogP contribution >= 0.6 is 0 Å². The monoisotopic (exact) mass is 784 g/mol. The number of amides is 1. The molecule has 0 aliphatic carbocycles. The smallest absolute Gasteiger partial charge is 0.220 e. The Kier molecular flexibility index (Phi) is 35.2. The number of hydrogen-bond donors (Lipinski definition) is 6. The molecule has 2 unspecified atom stereocenters. The van der Waals surface area contributed by atoms with E-state index in [1.165, 1.54) is 161 Å². The first kappa shape index (κ1) is 51.9. The van der Waals surface area contributed by atoms with E-state index < -0.39 is 49.5 Å². The summed E-state index contributed by atoms with van der Waals surface area (Å²) in [4.78, 5) is 12.9. The van der Waals surface area contributed by atoms with Crippen LogP contribution in [-0.2, 0) is 14.3 Å². The lowest BCUT2D eigenvalue weighted by molar-refractivity contribution is -0.302. The minimum Gasteiger partial charge on any atom is -0.394 e. The van der Waals surface area contributed by atoms with Crippen LogP contribution in [-0.4, -0.2) is 87.5 Å². The summed E-state index contributed by atoms with van der Waals surface area (Å²) in [6.45, 7) is 3.75. The number of aliphatic hydroxyl groups excluding tert-OH is 5. The lowest BCUT2D eigenvalue weighted by Crippen LogP contribution is -2.60. The summed E-state index contributed by atoms with van der Waals surface area (Å²) in [5.41, 5.74) is 0. The number of nitrogens with one attached hydrogen (secondary N) is 1. The van der Waals surface area contributed by atoms with Crippen LogP contribution in [0.4, 0.5) is 0 Å². The molecule has 0 aromatic heterocycles. The Labute approximate surface area is 337 Å². The third-order valence-electron chi connectivity index (χ3n) is 11.4. The van der Waals surface area contributed by atoms with Crippen molar-refractivity contribution in [3.63, 3.8) is 0 Å². The number of hydrogen-bond acceptors (Lipinski definition) is 8. The van der Waals surface area contributed by atoms with Gasteiger partial charge in [-0.15, -0.1) is 0 Å². The van der Waals surface area contributed by atoms with Crippen molar-refractivity contribution in [2.45, 2.75) is 262 Å². The SMILES string of the molecule is CCCCCCCCC/C=C/[C@@H](O)[C@H](CO[C@@H]1O[C@H](CO)[C@H](O)C(O)C1O)NC(=O)CCCCCCCCCCCCCCCCCCCCCCCCC. The van der Waals surface area contributed by atoms with Crippen LogP contribution in [0.25, 0.3) is 0 Å². The second-order valence-corrected chi connectivity index (χ2v) is 16.6. The van der Waals surface area contributed by atoms with Crippen molar-refractivity contribution in [2.75, 3.05) is 13.2 Å². The molecule has 55 heavy (non-hydrogen) atoms. The summed E-state index contributed by atoms with van der Waals surface area (Å²) in [5.74, 6) is -0.176. The fourth-order valence-corrected chi connectivity index (χ4v) is 7.57. The molecule has 0 radical (unpaired) electrons. The van der Waals surface area contributed by atoms with E-state index in [1.807, 2.05) is 6.08 Å². The summed E-state index contributed by atoms with van der Waals surface area (Å²) in [5, 5.41) is 54.0. The first-order valence-corrected chi connectivity index (χ1v) is 23.4. The highest BCUT2D eigenvalue weighted by molar-refractivity contribution is 5.76. The van der Waals surface area contributed by atoms with Gasteiger partial charge < -0.3 is 40.3 Å². The summed E-state index contributed by atoms with van der Waals surface area (Å²) in [7, 11) is 0. The lowest BCUT2D eigenvalue weighted by atomic mass is 9.99. The van der Waals surface area contributed by atoms with Crippen LogP contribution in [0, 0.1) is 0 Å². The number of allylic oxidation sites excluding steroid dienone is 1. The Morgan fingerprint density at radius 2 is 1.00 bits per heavy atom. The average Bonchev–Trinajstić information content (AvgIpc) is 3.18. The Morgan fingerprint density at radius 3 is 1.42 bits per heavy atom. The zero-order chi connectivity index (χ0) is 40.2. The standard InChI is InChI=1S/C46H89NO8/c1-3-5-7-9-11-13-14-15-16-17-18-19-20-21-22-23-24-25-26-28-30-32-34-36-42(50)47-39(40(49)35-33-31-29-27-12-10-8-6-4-2)38-54-46-45(53)44(52)43(51)41(37-48)55-46/h33,35,39-41,43-46,48-49,51-53H,3-32,34,36-38H2,1-2H3,(H,47,50)/b35-33+/t39-,40+,41+,43-,44?,45?,46+/m0/s1. The van der Waals surface area contributed by atoms with Crippen molar-refractivity contribution in [1.29, 1.82) is 0 Å². The lowest BCUT2D eigenvalue weighted by Gasteiger charge is -2.40. The molecule has 1 saturated heterocycles. The van der Waals surface area contributed by atoms with Crippen molar-refractivity contribution in [1.82, 2.24) is 5.32 Å². The highest BCUT2D eigenvalue weighted by atomic mass is 16.7. The second-order valence-electron chi connectivity index (χ2n) is 16.6. The molecule has 9 nitrogen and oxygen atoms in total. The maximum atomic E-state index is 12.9. The molecule has 0 bridgehead atoms. The number of unbranched alkanes of at least 4 members (excludes halogenated alkanes) is 29. The van der Waals surface area contributed by atoms with Gasteiger partial charge in [0.25, 0.3) is 0 Å². The Morgan fingerprint density at radius 1 is 0.600 bits per heavy atom. The molecule has 0 saturated carbocycles. The maximum Gasteiger partial charge on any atom is 0.220 e. The zero-order valence-corrected chi connectivity index (χ0v) is 35.7. The minimum atomic E-state index is -1.56. The molecule has 7 atom stereocenters. The third kappa shape index (κ3) is 28.1. The van der Waals surface area contributed by atoms with Crippen LogP contribution in [0.1, 0.15) is 219 Å². The first-order chi connectivity index (χ1) is 26.8. The van der Waals surface area contributed by atoms with Gasteiger partial charge >= 0.3 is 0 Å². The van der Waals surface area contributed by atoms with E-state index in [2.05, 4.69) is 19.2 Å². The van der Waals surface area contributed by atoms with E-state index in [9.17, 15) is 30.3 Å². The molecule has 0 aromatic rings. The van der Waals surface area contributed by atoms with E-state index in [0.717, 1.165) is 38.5 Å². The van der Waals surface area contributed by atoms with E-state index in [-0.39, 0.29) is 12.5 Å². The normalized spacial score (nSPS) is 21.3. The molecule has 0 aromatic carbocycles. The average molecular weight is 784 g/mol. The fraction of sp³-hybridized carbons (Fsp3) is 0.935. The van der Waals surface area contributed by atoms with Crippen LogP contribution < -0.4 is 5.32 Å². The van der Waals surface area contributed by atoms with Gasteiger partial charge in [0.1, 0.15) is 24.4 Å². The van der Waals surface area contributed by atoms with Crippen molar-refractivity contribution in [3.8, 4) is 0 Å². The third-order valence-corrected chi connectivity index (χ3v) is 11.4. The van der Waals surface area contributed by atoms with Gasteiger partial charge in [-0.3, -0.25) is 4.79 Å². The second kappa shape index (κ2) is 37.2. The molecule has 1 aliphatic heterocycles. The highest BCUT2D eigenvalue weighted by Gasteiger charge is 2.44. The number of carbonyl (C=O) groups is 1. The molecule has 1 fully saturated rings. The van der Waals surface area contributed by atoms with Crippen molar-refractivity contribution < 1.29 is 39.8 Å². The van der Waals surface area contributed by atoms with E-state index >= 15 is 0 Å². The molecule has 9 heteroatoms. The zero-order valence-electron chi connectivity index (χ0n) is 35.7. The predicted octanol–water partition coefficient (Wildman–Crippen LogP) is 9.73. The molecule has 1 rings (SSSR count). The summed E-state index contributed by atoms with van der Waals surface area (Å²) in [6, 6.07) is -0.797. The molecule has 1 aliphatic rings. The van der Waals surface area contributed by atoms with Crippen molar-refractivity contribution in [3.05, 3.63) is 12.2 Å². The maximum absolute atomic E-state index is 12.9. The minimum absolute atomic E-state index is 0.176. The molecular weight excluding hydrogens is 695 g/mol. The Balaban J connectivity index is 2.21. The molecule has 0 spiro atoms. The molecular formula is C46H89NO8. The van der Waals surface area contributed by atoms with Crippen LogP contribution in [0.3, 0.4) is 0 Å². The molecule has 326 valence electrons. The number of rotatable bonds is 39. The largest absolute Gasteiger partial charge is 0.394 e. The topological polar surface area (TPSA) is 149 Å². The predicted molar refractivity (Wildman–Crippen MR) is 226 cm³/mol. The first-order valence-electron chi connectivity index (χ1n) is 23.4. The van der Waals surface area contributed by atoms with Crippen LogP contribution in [0.2, 0.25) is 0 Å². The molecule has 1 amide bonds. The fourth-order valence-electron chi connectivity index (χ4n) is 7.57. The Bertz CT molecular complexity index is 873. The van der Waals surface area contributed by atoms with E-state index in [4.69, 9.17) is 9.47 Å². The number of aliphatic hydroxyl groups is 5. The van der Waals surface area contributed by atoms with Gasteiger partial charge in [-0.05, 0) is 19.3 Å². The van der Waals surface area contributed by atoms with Gasteiger partial charge in [-0.2, -0.15) is 0 Å². The molecule has 1 heterocycles.